The average molecular weight is 293 g/mol. The summed E-state index contributed by atoms with van der Waals surface area (Å²) in [6.45, 7) is 0.832. The Labute approximate surface area is 119 Å². The zero-order valence-corrected chi connectivity index (χ0v) is 11.7. The molecule has 1 amide bonds. The maximum absolute atomic E-state index is 11.8. The molecule has 0 fully saturated rings. The molecule has 20 heavy (non-hydrogen) atoms. The highest BCUT2D eigenvalue weighted by Crippen LogP contribution is 2.25. The van der Waals surface area contributed by atoms with Crippen molar-refractivity contribution in [2.24, 2.45) is 0 Å². The maximum Gasteiger partial charge on any atom is 0.337 e. The van der Waals surface area contributed by atoms with E-state index in [1.807, 2.05) is 29.6 Å². The van der Waals surface area contributed by atoms with Crippen LogP contribution >= 0.6 is 11.3 Å². The molecule has 0 saturated carbocycles. The summed E-state index contributed by atoms with van der Waals surface area (Å²) in [4.78, 5) is 22.5. The summed E-state index contributed by atoms with van der Waals surface area (Å²) in [6.07, 6.45) is 0.166. The smallest absolute Gasteiger partial charge is 0.337 e. The molecule has 6 heteroatoms. The number of aliphatic carboxylic acids is 1. The first-order valence-corrected chi connectivity index (χ1v) is 6.96. The highest BCUT2D eigenvalue weighted by atomic mass is 32.1. The SMILES string of the molecule is CC(O)(CNC(=O)Cc1csc2ccccc12)C(=O)O. The van der Waals surface area contributed by atoms with Crippen molar-refractivity contribution < 1.29 is 19.8 Å². The molecule has 0 bridgehead atoms. The van der Waals surface area contributed by atoms with Gasteiger partial charge in [0.1, 0.15) is 0 Å². The number of carbonyl (C=O) groups is 2. The lowest BCUT2D eigenvalue weighted by atomic mass is 10.1. The van der Waals surface area contributed by atoms with E-state index in [0.717, 1.165) is 22.6 Å². The normalized spacial score (nSPS) is 13.9. The van der Waals surface area contributed by atoms with Crippen molar-refractivity contribution in [2.45, 2.75) is 18.9 Å². The van der Waals surface area contributed by atoms with E-state index in [9.17, 15) is 14.7 Å². The third-order valence-electron chi connectivity index (χ3n) is 3.00. The molecule has 1 atom stereocenters. The summed E-state index contributed by atoms with van der Waals surface area (Å²) < 4.78 is 1.10. The molecule has 2 rings (SSSR count). The van der Waals surface area contributed by atoms with Crippen molar-refractivity contribution in [1.82, 2.24) is 5.32 Å². The lowest BCUT2D eigenvalue weighted by Crippen LogP contribution is -2.46. The first-order valence-electron chi connectivity index (χ1n) is 6.08. The van der Waals surface area contributed by atoms with Crippen LogP contribution in [0.25, 0.3) is 10.1 Å². The van der Waals surface area contributed by atoms with E-state index in [1.54, 1.807) is 11.3 Å². The number of thiophene rings is 1. The van der Waals surface area contributed by atoms with Gasteiger partial charge in [-0.05, 0) is 29.3 Å². The maximum atomic E-state index is 11.8. The number of rotatable bonds is 5. The number of amides is 1. The summed E-state index contributed by atoms with van der Waals surface area (Å²) in [6, 6.07) is 7.77. The van der Waals surface area contributed by atoms with Gasteiger partial charge in [-0.15, -0.1) is 11.3 Å². The lowest BCUT2D eigenvalue weighted by molar-refractivity contribution is -0.156. The predicted octanol–water partition coefficient (Wildman–Crippen LogP) is 1.40. The lowest BCUT2D eigenvalue weighted by Gasteiger charge is -2.18. The number of carbonyl (C=O) groups excluding carboxylic acids is 1. The number of benzene rings is 1. The molecule has 106 valence electrons. The molecule has 0 saturated heterocycles. The average Bonchev–Trinajstić information content (AvgIpc) is 2.80. The molecule has 1 unspecified atom stereocenters. The van der Waals surface area contributed by atoms with Gasteiger partial charge in [0.2, 0.25) is 5.91 Å². The minimum atomic E-state index is -1.95. The quantitative estimate of drug-likeness (QED) is 0.777. The van der Waals surface area contributed by atoms with Crippen LogP contribution < -0.4 is 5.32 Å². The standard InChI is InChI=1S/C14H15NO4S/c1-14(19,13(17)18)8-15-12(16)6-9-7-20-11-5-3-2-4-10(9)11/h2-5,7,19H,6,8H2,1H3,(H,15,16)(H,17,18). The largest absolute Gasteiger partial charge is 0.479 e. The highest BCUT2D eigenvalue weighted by molar-refractivity contribution is 7.17. The fourth-order valence-corrected chi connectivity index (χ4v) is 2.71. The Bertz CT molecular complexity index is 647. The van der Waals surface area contributed by atoms with Crippen LogP contribution in [0.15, 0.2) is 29.6 Å². The molecule has 1 aromatic heterocycles. The Balaban J connectivity index is 2.00. The van der Waals surface area contributed by atoms with E-state index in [-0.39, 0.29) is 18.9 Å². The van der Waals surface area contributed by atoms with Gasteiger partial charge in [0, 0.05) is 4.70 Å². The summed E-state index contributed by atoms with van der Waals surface area (Å²) in [5.41, 5.74) is -1.05. The van der Waals surface area contributed by atoms with E-state index >= 15 is 0 Å². The number of carboxylic acids is 1. The van der Waals surface area contributed by atoms with Gasteiger partial charge in [-0.2, -0.15) is 0 Å². The number of fused-ring (bicyclic) bond motifs is 1. The summed E-state index contributed by atoms with van der Waals surface area (Å²) >= 11 is 1.56. The minimum Gasteiger partial charge on any atom is -0.479 e. The third-order valence-corrected chi connectivity index (χ3v) is 4.01. The molecule has 0 aliphatic carbocycles. The number of hydrogen-bond acceptors (Lipinski definition) is 4. The van der Waals surface area contributed by atoms with E-state index in [0.29, 0.717) is 0 Å². The zero-order valence-electron chi connectivity index (χ0n) is 10.9. The van der Waals surface area contributed by atoms with E-state index in [1.165, 1.54) is 0 Å². The summed E-state index contributed by atoms with van der Waals surface area (Å²) in [5, 5.41) is 23.7. The molecule has 3 N–H and O–H groups in total. The molecule has 0 aliphatic heterocycles. The van der Waals surface area contributed by atoms with Crippen molar-refractivity contribution in [2.75, 3.05) is 6.54 Å². The number of carboxylic acid groups (broad SMARTS) is 1. The van der Waals surface area contributed by atoms with Gasteiger partial charge in [0.15, 0.2) is 5.60 Å². The Hall–Kier alpha value is -1.92. The Morgan fingerprint density at radius 2 is 2.05 bits per heavy atom. The van der Waals surface area contributed by atoms with Crippen LogP contribution in [-0.4, -0.2) is 34.2 Å². The van der Waals surface area contributed by atoms with E-state index < -0.39 is 11.6 Å². The summed E-state index contributed by atoms with van der Waals surface area (Å²) in [7, 11) is 0. The Kier molecular flexibility index (Phi) is 4.06. The first kappa shape index (κ1) is 14.5. The van der Waals surface area contributed by atoms with Gasteiger partial charge in [-0.1, -0.05) is 18.2 Å². The molecule has 0 aliphatic rings. The monoisotopic (exact) mass is 293 g/mol. The van der Waals surface area contributed by atoms with Crippen LogP contribution in [0.5, 0.6) is 0 Å². The van der Waals surface area contributed by atoms with Crippen LogP contribution in [-0.2, 0) is 16.0 Å². The van der Waals surface area contributed by atoms with E-state index in [2.05, 4.69) is 5.32 Å². The zero-order chi connectivity index (χ0) is 14.8. The van der Waals surface area contributed by atoms with Crippen molar-refractivity contribution >= 4 is 33.3 Å². The molecule has 1 aromatic carbocycles. The molecule has 2 aromatic rings. The van der Waals surface area contributed by atoms with Crippen LogP contribution in [0.3, 0.4) is 0 Å². The molecule has 0 radical (unpaired) electrons. The van der Waals surface area contributed by atoms with Crippen molar-refractivity contribution in [1.29, 1.82) is 0 Å². The van der Waals surface area contributed by atoms with Crippen molar-refractivity contribution in [3.05, 3.63) is 35.2 Å². The van der Waals surface area contributed by atoms with Crippen LogP contribution in [0.2, 0.25) is 0 Å². The summed E-state index contributed by atoms with van der Waals surface area (Å²) in [5.74, 6) is -1.67. The number of nitrogens with one attached hydrogen (secondary N) is 1. The molecule has 5 nitrogen and oxygen atoms in total. The Morgan fingerprint density at radius 1 is 1.35 bits per heavy atom. The number of hydrogen-bond donors (Lipinski definition) is 3. The van der Waals surface area contributed by atoms with Crippen LogP contribution in [0.1, 0.15) is 12.5 Å². The highest BCUT2D eigenvalue weighted by Gasteiger charge is 2.30. The molecular weight excluding hydrogens is 278 g/mol. The van der Waals surface area contributed by atoms with Gasteiger partial charge < -0.3 is 15.5 Å². The first-order chi connectivity index (χ1) is 9.40. The fraction of sp³-hybridized carbons (Fsp3) is 0.286. The second-order valence-electron chi connectivity index (χ2n) is 4.79. The second kappa shape index (κ2) is 5.60. The molecule has 0 spiro atoms. The second-order valence-corrected chi connectivity index (χ2v) is 5.70. The van der Waals surface area contributed by atoms with Gasteiger partial charge in [0.05, 0.1) is 13.0 Å². The topological polar surface area (TPSA) is 86.6 Å². The Morgan fingerprint density at radius 3 is 2.75 bits per heavy atom. The van der Waals surface area contributed by atoms with Crippen molar-refractivity contribution in [3.8, 4) is 0 Å². The fourth-order valence-electron chi connectivity index (χ4n) is 1.75. The van der Waals surface area contributed by atoms with Gasteiger partial charge >= 0.3 is 5.97 Å². The molecular formula is C14H15NO4S. The number of aliphatic hydroxyl groups is 1. The van der Waals surface area contributed by atoms with Gasteiger partial charge in [-0.25, -0.2) is 4.79 Å². The van der Waals surface area contributed by atoms with Crippen LogP contribution in [0, 0.1) is 0 Å². The van der Waals surface area contributed by atoms with Gasteiger partial charge in [-0.3, -0.25) is 4.79 Å². The van der Waals surface area contributed by atoms with Crippen LogP contribution in [0.4, 0.5) is 0 Å². The van der Waals surface area contributed by atoms with Crippen molar-refractivity contribution in [3.63, 3.8) is 0 Å². The minimum absolute atomic E-state index is 0.166. The predicted molar refractivity (Wildman–Crippen MR) is 76.8 cm³/mol. The molecule has 1 heterocycles. The van der Waals surface area contributed by atoms with E-state index in [4.69, 9.17) is 5.11 Å². The third kappa shape index (κ3) is 3.15. The van der Waals surface area contributed by atoms with Gasteiger partial charge in [0.25, 0.3) is 0 Å².